The molecule has 114 valence electrons. The van der Waals surface area contributed by atoms with Crippen LogP contribution in [-0.4, -0.2) is 18.9 Å². The molecule has 2 aromatic rings. The van der Waals surface area contributed by atoms with E-state index in [1.165, 1.54) is 29.5 Å². The highest BCUT2D eigenvalue weighted by atomic mass is 32.2. The lowest BCUT2D eigenvalue weighted by molar-refractivity contribution is -0.0435. The van der Waals surface area contributed by atoms with Gasteiger partial charge in [-0.05, 0) is 19.1 Å². The quantitative estimate of drug-likeness (QED) is 0.930. The number of sulfone groups is 1. The van der Waals surface area contributed by atoms with Gasteiger partial charge in [-0.3, -0.25) is 0 Å². The van der Waals surface area contributed by atoms with Crippen molar-refractivity contribution in [2.24, 2.45) is 0 Å². The van der Waals surface area contributed by atoms with Gasteiger partial charge < -0.3 is 5.32 Å². The lowest BCUT2D eigenvalue weighted by atomic mass is 10.3. The van der Waals surface area contributed by atoms with Gasteiger partial charge in [0.15, 0.2) is 0 Å². The zero-order chi connectivity index (χ0) is 15.7. The molecule has 9 heteroatoms. The highest BCUT2D eigenvalue weighted by Crippen LogP contribution is 2.34. The minimum absolute atomic E-state index is 0.0947. The first-order valence-electron chi connectivity index (χ1n) is 5.77. The minimum atomic E-state index is -5.39. The van der Waals surface area contributed by atoms with Gasteiger partial charge in [0.25, 0.3) is 9.84 Å². The number of aromatic nitrogens is 1. The van der Waals surface area contributed by atoms with Crippen LogP contribution in [0, 0.1) is 6.92 Å². The van der Waals surface area contributed by atoms with Gasteiger partial charge in [0.2, 0.25) is 0 Å². The van der Waals surface area contributed by atoms with E-state index in [1.807, 2.05) is 0 Å². The Morgan fingerprint density at radius 1 is 1.29 bits per heavy atom. The van der Waals surface area contributed by atoms with E-state index in [1.54, 1.807) is 12.3 Å². The molecule has 0 aliphatic heterocycles. The molecule has 0 fully saturated rings. The number of halogens is 3. The largest absolute Gasteiger partial charge is 0.501 e. The predicted octanol–water partition coefficient (Wildman–Crippen LogP) is 3.36. The van der Waals surface area contributed by atoms with Gasteiger partial charge >= 0.3 is 5.51 Å². The Morgan fingerprint density at radius 3 is 2.52 bits per heavy atom. The van der Waals surface area contributed by atoms with Gasteiger partial charge in [0.1, 0.15) is 5.01 Å². The third kappa shape index (κ3) is 3.35. The summed E-state index contributed by atoms with van der Waals surface area (Å²) in [7, 11) is -5.39. The molecular weight excluding hydrogens is 325 g/mol. The summed E-state index contributed by atoms with van der Waals surface area (Å²) < 4.78 is 60.9. The smallest absolute Gasteiger partial charge is 0.377 e. The Balaban J connectivity index is 2.30. The average molecular weight is 336 g/mol. The van der Waals surface area contributed by atoms with Gasteiger partial charge in [-0.2, -0.15) is 13.2 Å². The standard InChI is InChI=1S/C12H11F3N2O2S2/c1-8-7-20-11(17-8)6-16-9-4-2-3-5-10(9)21(18,19)12(13,14)15/h2-5,7,16H,6H2,1H3. The maximum absolute atomic E-state index is 12.6. The van der Waals surface area contributed by atoms with Crippen molar-refractivity contribution >= 4 is 26.9 Å². The molecule has 0 radical (unpaired) electrons. The van der Waals surface area contributed by atoms with Gasteiger partial charge in [0.05, 0.1) is 17.1 Å². The highest BCUT2D eigenvalue weighted by Gasteiger charge is 2.47. The number of rotatable bonds is 4. The summed E-state index contributed by atoms with van der Waals surface area (Å²) in [6.07, 6.45) is 0. The third-order valence-corrected chi connectivity index (χ3v) is 5.09. The highest BCUT2D eigenvalue weighted by molar-refractivity contribution is 7.92. The molecule has 0 saturated carbocycles. The van der Waals surface area contributed by atoms with Crippen molar-refractivity contribution in [2.45, 2.75) is 23.9 Å². The van der Waals surface area contributed by atoms with Crippen molar-refractivity contribution < 1.29 is 21.6 Å². The molecule has 0 aliphatic carbocycles. The average Bonchev–Trinajstić information content (AvgIpc) is 2.81. The topological polar surface area (TPSA) is 59.1 Å². The van der Waals surface area contributed by atoms with E-state index in [-0.39, 0.29) is 12.2 Å². The Hall–Kier alpha value is -1.61. The van der Waals surface area contributed by atoms with Crippen LogP contribution in [0.2, 0.25) is 0 Å². The molecule has 0 atom stereocenters. The van der Waals surface area contributed by atoms with Crippen LogP contribution in [0.3, 0.4) is 0 Å². The summed E-state index contributed by atoms with van der Waals surface area (Å²) in [5, 5.41) is 5.15. The molecule has 4 nitrogen and oxygen atoms in total. The maximum atomic E-state index is 12.6. The van der Waals surface area contributed by atoms with Gasteiger partial charge in [-0.15, -0.1) is 11.3 Å². The van der Waals surface area contributed by atoms with E-state index < -0.39 is 20.2 Å². The van der Waals surface area contributed by atoms with Crippen LogP contribution in [0.1, 0.15) is 10.7 Å². The van der Waals surface area contributed by atoms with Crippen LogP contribution in [0.15, 0.2) is 34.5 Å². The number of para-hydroxylation sites is 1. The molecule has 1 heterocycles. The second kappa shape index (κ2) is 5.64. The number of nitrogens with one attached hydrogen (secondary N) is 1. The second-order valence-corrected chi connectivity index (χ2v) is 7.03. The normalized spacial score (nSPS) is 12.4. The van der Waals surface area contributed by atoms with Gasteiger partial charge in [0, 0.05) is 11.1 Å². The first-order chi connectivity index (χ1) is 9.72. The van der Waals surface area contributed by atoms with Crippen molar-refractivity contribution in [2.75, 3.05) is 5.32 Å². The van der Waals surface area contributed by atoms with Crippen molar-refractivity contribution in [3.63, 3.8) is 0 Å². The molecule has 0 saturated heterocycles. The fraction of sp³-hybridized carbons (Fsp3) is 0.250. The first-order valence-corrected chi connectivity index (χ1v) is 8.13. The zero-order valence-corrected chi connectivity index (χ0v) is 12.4. The van der Waals surface area contributed by atoms with E-state index >= 15 is 0 Å². The van der Waals surface area contributed by atoms with E-state index in [2.05, 4.69) is 10.3 Å². The minimum Gasteiger partial charge on any atom is -0.377 e. The Kier molecular flexibility index (Phi) is 4.24. The van der Waals surface area contributed by atoms with Crippen LogP contribution in [0.25, 0.3) is 0 Å². The molecule has 1 aromatic carbocycles. The third-order valence-electron chi connectivity index (χ3n) is 2.58. The maximum Gasteiger partial charge on any atom is 0.501 e. The molecule has 1 N–H and O–H groups in total. The van der Waals surface area contributed by atoms with E-state index in [0.717, 1.165) is 11.8 Å². The molecule has 0 aliphatic rings. The number of nitrogens with zero attached hydrogens (tertiary/aromatic N) is 1. The number of anilines is 1. The first kappa shape index (κ1) is 15.8. The molecule has 0 amide bonds. The summed E-state index contributed by atoms with van der Waals surface area (Å²) in [6, 6.07) is 4.93. The molecule has 1 aromatic heterocycles. The molecule has 21 heavy (non-hydrogen) atoms. The van der Waals surface area contributed by atoms with Crippen LogP contribution in [0.4, 0.5) is 18.9 Å². The van der Waals surface area contributed by atoms with Crippen molar-refractivity contribution in [1.29, 1.82) is 0 Å². The Labute approximate surface area is 123 Å². The van der Waals surface area contributed by atoms with Crippen molar-refractivity contribution in [1.82, 2.24) is 4.98 Å². The van der Waals surface area contributed by atoms with Crippen molar-refractivity contribution in [3.8, 4) is 0 Å². The van der Waals surface area contributed by atoms with Crippen molar-refractivity contribution in [3.05, 3.63) is 40.3 Å². The fourth-order valence-electron chi connectivity index (χ4n) is 1.63. The van der Waals surface area contributed by atoms with Crippen LogP contribution in [0.5, 0.6) is 0 Å². The van der Waals surface area contributed by atoms with E-state index in [9.17, 15) is 21.6 Å². The number of aryl methyl sites for hydroxylation is 1. The number of hydrogen-bond donors (Lipinski definition) is 1. The number of benzene rings is 1. The van der Waals surface area contributed by atoms with E-state index in [4.69, 9.17) is 0 Å². The summed E-state index contributed by atoms with van der Waals surface area (Å²) >= 11 is 1.34. The monoisotopic (exact) mass is 336 g/mol. The lowest BCUT2D eigenvalue weighted by Crippen LogP contribution is -2.24. The molecular formula is C12H11F3N2O2S2. The Bertz CT molecular complexity index is 739. The summed E-state index contributed by atoms with van der Waals surface area (Å²) in [5.41, 5.74) is -4.63. The van der Waals surface area contributed by atoms with Crippen LogP contribution >= 0.6 is 11.3 Å². The summed E-state index contributed by atoms with van der Waals surface area (Å²) in [4.78, 5) is 3.36. The van der Waals surface area contributed by atoms with Gasteiger partial charge in [-0.25, -0.2) is 13.4 Å². The molecule has 2 rings (SSSR count). The SMILES string of the molecule is Cc1csc(CNc2ccccc2S(=O)(=O)C(F)(F)F)n1. The van der Waals surface area contributed by atoms with E-state index in [0.29, 0.717) is 5.01 Å². The number of alkyl halides is 3. The van der Waals surface area contributed by atoms with Crippen LogP contribution in [-0.2, 0) is 16.4 Å². The zero-order valence-electron chi connectivity index (χ0n) is 10.8. The summed E-state index contributed by atoms with van der Waals surface area (Å²) in [6.45, 7) is 1.95. The fourth-order valence-corrected chi connectivity index (χ4v) is 3.27. The van der Waals surface area contributed by atoms with Crippen LogP contribution < -0.4 is 5.32 Å². The summed E-state index contributed by atoms with van der Waals surface area (Å²) in [5.74, 6) is 0. The second-order valence-electron chi connectivity index (χ2n) is 4.18. The number of hydrogen-bond acceptors (Lipinski definition) is 5. The van der Waals surface area contributed by atoms with Gasteiger partial charge in [-0.1, -0.05) is 12.1 Å². The number of thiazole rings is 1. The lowest BCUT2D eigenvalue weighted by Gasteiger charge is -2.13. The predicted molar refractivity (Wildman–Crippen MR) is 73.9 cm³/mol. The molecule has 0 bridgehead atoms. The Morgan fingerprint density at radius 2 is 1.95 bits per heavy atom. The molecule has 0 spiro atoms. The molecule has 0 unspecified atom stereocenters.